The molecule has 0 aromatic heterocycles. The molecule has 0 saturated carbocycles. The van der Waals surface area contributed by atoms with Crippen molar-refractivity contribution in [3.63, 3.8) is 0 Å². The molecule has 0 amide bonds. The highest BCUT2D eigenvalue weighted by atomic mass is 19.4. The topological polar surface area (TPSA) is 82.9 Å². The van der Waals surface area contributed by atoms with E-state index in [1.165, 1.54) is 7.11 Å². The monoisotopic (exact) mass is 399 g/mol. The Morgan fingerprint density at radius 3 is 2.15 bits per heavy atom. The van der Waals surface area contributed by atoms with E-state index in [0.29, 0.717) is 6.07 Å². The summed E-state index contributed by atoms with van der Waals surface area (Å²) in [6.45, 7) is 0.860. The normalized spacial score (nSPS) is 14.2. The van der Waals surface area contributed by atoms with Gasteiger partial charge in [-0.3, -0.25) is 4.99 Å². The van der Waals surface area contributed by atoms with Crippen LogP contribution < -0.4 is 16.2 Å². The first-order valence-corrected chi connectivity index (χ1v) is 7.48. The van der Waals surface area contributed by atoms with Gasteiger partial charge in [-0.2, -0.15) is 26.3 Å². The van der Waals surface area contributed by atoms with Gasteiger partial charge in [-0.25, -0.2) is 0 Å². The smallest absolute Gasteiger partial charge is 0.431 e. The van der Waals surface area contributed by atoms with Gasteiger partial charge in [-0.05, 0) is 13.0 Å². The average molecular weight is 399 g/mol. The molecule has 0 atom stereocenters. The van der Waals surface area contributed by atoms with Gasteiger partial charge in [0.2, 0.25) is 0 Å². The first-order chi connectivity index (χ1) is 12.3. The number of ether oxygens (including phenoxy) is 2. The molecule has 1 aromatic rings. The molecule has 0 spiro atoms. The maximum Gasteiger partial charge on any atom is 0.431 e. The largest absolute Gasteiger partial charge is 0.490 e. The number of hydrogen-bond donors (Lipinski definition) is 2. The predicted molar refractivity (Wildman–Crippen MR) is 88.6 cm³/mol. The molecule has 0 aliphatic rings. The van der Waals surface area contributed by atoms with E-state index in [9.17, 15) is 26.3 Å². The van der Waals surface area contributed by atoms with Crippen molar-refractivity contribution < 1.29 is 35.8 Å². The third kappa shape index (κ3) is 5.52. The number of nitrogens with two attached hydrogens (primary N) is 2. The summed E-state index contributed by atoms with van der Waals surface area (Å²) in [5.41, 5.74) is 6.61. The number of rotatable bonds is 6. The van der Waals surface area contributed by atoms with E-state index in [0.717, 1.165) is 20.0 Å². The molecule has 27 heavy (non-hydrogen) atoms. The first-order valence-electron chi connectivity index (χ1n) is 7.48. The fourth-order valence-corrected chi connectivity index (χ4v) is 2.21. The number of hydrogen-bond acceptors (Lipinski definition) is 5. The third-order valence-electron chi connectivity index (χ3n) is 3.55. The molecule has 152 valence electrons. The van der Waals surface area contributed by atoms with Crippen LogP contribution in [0.1, 0.15) is 18.1 Å². The lowest BCUT2D eigenvalue weighted by molar-refractivity contribution is -0.139. The second-order valence-electron chi connectivity index (χ2n) is 5.38. The molecule has 1 aromatic carbocycles. The summed E-state index contributed by atoms with van der Waals surface area (Å²) >= 11 is 0. The highest BCUT2D eigenvalue weighted by molar-refractivity contribution is 6.15. The lowest BCUT2D eigenvalue weighted by Crippen LogP contribution is -2.24. The number of benzene rings is 1. The Morgan fingerprint density at radius 2 is 1.70 bits per heavy atom. The lowest BCUT2D eigenvalue weighted by Gasteiger charge is -2.19. The van der Waals surface area contributed by atoms with Gasteiger partial charge in [0.1, 0.15) is 18.1 Å². The van der Waals surface area contributed by atoms with Gasteiger partial charge < -0.3 is 20.9 Å². The van der Waals surface area contributed by atoms with E-state index < -0.39 is 40.6 Å². The van der Waals surface area contributed by atoms with Crippen LogP contribution in [0, 0.1) is 0 Å². The van der Waals surface area contributed by atoms with Crippen molar-refractivity contribution >= 4 is 11.4 Å². The molecule has 0 heterocycles. The number of methoxy groups -OCH3 is 1. The first kappa shape index (κ1) is 22.6. The summed E-state index contributed by atoms with van der Waals surface area (Å²) in [6, 6.07) is 1.48. The van der Waals surface area contributed by atoms with Crippen molar-refractivity contribution in [3.05, 3.63) is 34.5 Å². The van der Waals surface area contributed by atoms with Gasteiger partial charge in [-0.15, -0.1) is 0 Å². The number of allylic oxidation sites excluding steroid dienone is 2. The number of anilines is 1. The summed E-state index contributed by atoms with van der Waals surface area (Å²) in [6.07, 6.45) is -9.71. The minimum Gasteiger partial charge on any atom is -0.490 e. The number of nitrogen functional groups attached to an aromatic ring is 1. The Bertz CT molecular complexity index is 739. The molecule has 0 bridgehead atoms. The SMILES string of the molecule is CN=C(/C(C)=C(\N)C(F)(F)F)c1cc(C(F)(F)F)c(OCCOC)cc1N. The average Bonchev–Trinajstić information content (AvgIpc) is 2.54. The Kier molecular flexibility index (Phi) is 7.12. The van der Waals surface area contributed by atoms with Gasteiger partial charge in [0.05, 0.1) is 17.9 Å². The molecule has 0 fully saturated rings. The second-order valence-corrected chi connectivity index (χ2v) is 5.38. The van der Waals surface area contributed by atoms with Crippen LogP contribution in [-0.2, 0) is 10.9 Å². The standard InChI is InChI=1S/C16H19F6N3O2/c1-8(14(24)16(20,21)22)13(25-2)9-6-10(15(17,18)19)12(7-11(9)23)27-5-4-26-3/h6-7H,4-5,23-24H2,1-3H3/b14-8-,25-13?. The van der Waals surface area contributed by atoms with E-state index in [1.807, 2.05) is 0 Å². The highest BCUT2D eigenvalue weighted by Gasteiger charge is 2.37. The van der Waals surface area contributed by atoms with Gasteiger partial charge in [0, 0.05) is 37.0 Å². The van der Waals surface area contributed by atoms with Crippen LogP contribution in [0.3, 0.4) is 0 Å². The number of aliphatic imine (C=N–C) groups is 1. The summed E-state index contributed by atoms with van der Waals surface area (Å²) in [5.74, 6) is -0.568. The van der Waals surface area contributed by atoms with Crippen molar-refractivity contribution in [2.45, 2.75) is 19.3 Å². The maximum atomic E-state index is 13.4. The van der Waals surface area contributed by atoms with Crippen molar-refractivity contribution in [3.8, 4) is 5.75 Å². The fourth-order valence-electron chi connectivity index (χ4n) is 2.21. The van der Waals surface area contributed by atoms with E-state index >= 15 is 0 Å². The minimum atomic E-state index is -4.87. The van der Waals surface area contributed by atoms with Gasteiger partial charge in [0.25, 0.3) is 0 Å². The zero-order valence-corrected chi connectivity index (χ0v) is 14.8. The predicted octanol–water partition coefficient (Wildman–Crippen LogP) is 3.53. The Balaban J connectivity index is 3.56. The van der Waals surface area contributed by atoms with Crippen LogP contribution in [0.4, 0.5) is 32.0 Å². The van der Waals surface area contributed by atoms with Crippen molar-refractivity contribution in [1.29, 1.82) is 0 Å². The Labute approximate surface area is 151 Å². The van der Waals surface area contributed by atoms with E-state index in [-0.39, 0.29) is 24.5 Å². The Morgan fingerprint density at radius 1 is 1.11 bits per heavy atom. The molecular weight excluding hydrogens is 380 g/mol. The van der Waals surface area contributed by atoms with Gasteiger partial charge >= 0.3 is 12.4 Å². The van der Waals surface area contributed by atoms with Crippen LogP contribution in [0.2, 0.25) is 0 Å². The highest BCUT2D eigenvalue weighted by Crippen LogP contribution is 2.39. The summed E-state index contributed by atoms with van der Waals surface area (Å²) < 4.78 is 88.4. The number of alkyl halides is 6. The van der Waals surface area contributed by atoms with E-state index in [2.05, 4.69) is 4.99 Å². The van der Waals surface area contributed by atoms with Crippen LogP contribution in [-0.4, -0.2) is 39.3 Å². The molecular formula is C16H19F6N3O2. The van der Waals surface area contributed by atoms with Crippen LogP contribution in [0.25, 0.3) is 0 Å². The molecule has 4 N–H and O–H groups in total. The molecule has 0 aliphatic heterocycles. The quantitative estimate of drug-likeness (QED) is 0.332. The fraction of sp³-hybridized carbons (Fsp3) is 0.438. The maximum absolute atomic E-state index is 13.4. The summed E-state index contributed by atoms with van der Waals surface area (Å²) in [7, 11) is 2.47. The molecule has 0 saturated heterocycles. The number of nitrogens with zero attached hydrogens (tertiary/aromatic N) is 1. The van der Waals surface area contributed by atoms with Gasteiger partial charge in [-0.1, -0.05) is 0 Å². The zero-order valence-electron chi connectivity index (χ0n) is 14.8. The lowest BCUT2D eigenvalue weighted by atomic mass is 9.97. The van der Waals surface area contributed by atoms with Crippen molar-refractivity contribution in [1.82, 2.24) is 0 Å². The molecule has 0 unspecified atom stereocenters. The zero-order chi connectivity index (χ0) is 21.0. The molecule has 0 radical (unpaired) electrons. The van der Waals surface area contributed by atoms with E-state index in [4.69, 9.17) is 20.9 Å². The molecule has 5 nitrogen and oxygen atoms in total. The summed E-state index contributed by atoms with van der Waals surface area (Å²) in [5, 5.41) is 0. The van der Waals surface area contributed by atoms with E-state index in [1.54, 1.807) is 0 Å². The molecule has 11 heteroatoms. The second kappa shape index (κ2) is 8.51. The molecule has 0 aliphatic carbocycles. The Hall–Kier alpha value is -2.43. The summed E-state index contributed by atoms with van der Waals surface area (Å²) in [4.78, 5) is 3.65. The van der Waals surface area contributed by atoms with Crippen LogP contribution in [0.15, 0.2) is 28.4 Å². The number of halogens is 6. The van der Waals surface area contributed by atoms with Crippen molar-refractivity contribution in [2.24, 2.45) is 10.7 Å². The van der Waals surface area contributed by atoms with Crippen LogP contribution in [0.5, 0.6) is 5.75 Å². The van der Waals surface area contributed by atoms with Crippen molar-refractivity contribution in [2.75, 3.05) is 33.1 Å². The molecule has 1 rings (SSSR count). The third-order valence-corrected chi connectivity index (χ3v) is 3.55. The minimum absolute atomic E-state index is 0.0323. The van der Waals surface area contributed by atoms with Crippen LogP contribution >= 0.6 is 0 Å². The van der Waals surface area contributed by atoms with Gasteiger partial charge in [0.15, 0.2) is 0 Å².